The Morgan fingerprint density at radius 2 is 1.79 bits per heavy atom. The third kappa shape index (κ3) is 5.22. The number of aromatic nitrogens is 2. The molecule has 0 saturated carbocycles. The van der Waals surface area contributed by atoms with E-state index >= 15 is 0 Å². The average Bonchev–Trinajstić information content (AvgIpc) is 3.27. The molecule has 2 aromatic carbocycles. The minimum absolute atomic E-state index is 0.0644. The van der Waals surface area contributed by atoms with Crippen molar-refractivity contribution in [3.05, 3.63) is 84.1 Å². The number of carboxylic acids is 1. The lowest BCUT2D eigenvalue weighted by Crippen LogP contribution is -2.13. The number of hydrogen-bond donors (Lipinski definition) is 2. The monoisotopic (exact) mass is 481 g/mol. The van der Waals surface area contributed by atoms with Crippen LogP contribution in [0.25, 0.3) is 11.3 Å². The largest absolute Gasteiger partial charge is 0.608 e. The second kappa shape index (κ2) is 9.73. The minimum atomic E-state index is -1.58. The Morgan fingerprint density at radius 1 is 1.09 bits per heavy atom. The summed E-state index contributed by atoms with van der Waals surface area (Å²) in [6, 6.07) is 14.4. The molecular weight excluding hydrogens is 465 g/mol. The van der Waals surface area contributed by atoms with E-state index in [4.69, 9.17) is 14.3 Å². The molecule has 0 aliphatic heterocycles. The number of aromatic carboxylic acids is 1. The van der Waals surface area contributed by atoms with Crippen LogP contribution in [0.2, 0.25) is 0 Å². The number of nitrogens with one attached hydrogen (secondary N) is 1. The number of nitrogens with zero attached hydrogens (tertiary/aromatic N) is 2. The Kier molecular flexibility index (Phi) is 6.57. The number of pyridine rings is 1. The van der Waals surface area contributed by atoms with E-state index in [-0.39, 0.29) is 28.1 Å². The van der Waals surface area contributed by atoms with Crippen LogP contribution in [0.3, 0.4) is 0 Å². The van der Waals surface area contributed by atoms with E-state index < -0.39 is 28.9 Å². The number of carbonyl (C=O) groups excluding carboxylic acids is 1. The zero-order valence-corrected chi connectivity index (χ0v) is 18.3. The number of benzene rings is 2. The van der Waals surface area contributed by atoms with E-state index in [2.05, 4.69) is 15.3 Å². The fraction of sp³-hybridized carbons (Fsp3) is 0.0435. The van der Waals surface area contributed by atoms with Gasteiger partial charge in [0.15, 0.2) is 17.1 Å². The molecule has 2 N–H and O–H groups in total. The minimum Gasteiger partial charge on any atom is -0.608 e. The SMILES string of the molecule is C[S+]([O-])c1nc(C(=O)Nc2ccc(Oc3ccnc(C(=O)O)c3)cc2)c(-c2ccc(F)cc2)o1. The van der Waals surface area contributed by atoms with Gasteiger partial charge in [-0.15, -0.1) is 0 Å². The fourth-order valence-corrected chi connectivity index (χ4v) is 3.32. The maximum atomic E-state index is 13.3. The second-order valence-corrected chi connectivity index (χ2v) is 8.14. The lowest BCUT2D eigenvalue weighted by molar-refractivity contribution is 0.0690. The van der Waals surface area contributed by atoms with Crippen molar-refractivity contribution < 1.29 is 32.8 Å². The van der Waals surface area contributed by atoms with Crippen molar-refractivity contribution in [3.8, 4) is 22.8 Å². The molecule has 4 aromatic rings. The zero-order valence-electron chi connectivity index (χ0n) is 17.5. The van der Waals surface area contributed by atoms with Crippen molar-refractivity contribution in [2.75, 3.05) is 11.6 Å². The number of carbonyl (C=O) groups is 2. The van der Waals surface area contributed by atoms with Crippen molar-refractivity contribution in [2.45, 2.75) is 5.22 Å². The van der Waals surface area contributed by atoms with Gasteiger partial charge in [0.25, 0.3) is 5.91 Å². The molecule has 9 nitrogen and oxygen atoms in total. The van der Waals surface area contributed by atoms with E-state index in [1.165, 1.54) is 48.9 Å². The normalized spacial score (nSPS) is 11.6. The van der Waals surface area contributed by atoms with Crippen molar-refractivity contribution in [1.29, 1.82) is 0 Å². The maximum Gasteiger partial charge on any atom is 0.415 e. The molecule has 0 aliphatic rings. The third-order valence-electron chi connectivity index (χ3n) is 4.47. The van der Waals surface area contributed by atoms with E-state index in [1.807, 2.05) is 0 Å². The van der Waals surface area contributed by atoms with Gasteiger partial charge in [-0.05, 0) is 54.6 Å². The Morgan fingerprint density at radius 3 is 2.44 bits per heavy atom. The molecule has 172 valence electrons. The fourth-order valence-electron chi connectivity index (χ4n) is 2.90. The van der Waals surface area contributed by atoms with Crippen LogP contribution in [0.4, 0.5) is 10.1 Å². The Balaban J connectivity index is 1.52. The quantitative estimate of drug-likeness (QED) is 0.372. The van der Waals surface area contributed by atoms with Gasteiger partial charge in [-0.25, -0.2) is 14.2 Å². The van der Waals surface area contributed by atoms with Gasteiger partial charge in [0, 0.05) is 34.7 Å². The van der Waals surface area contributed by atoms with Crippen LogP contribution < -0.4 is 10.1 Å². The van der Waals surface area contributed by atoms with Crippen LogP contribution >= 0.6 is 0 Å². The Bertz CT molecular complexity index is 1340. The van der Waals surface area contributed by atoms with Gasteiger partial charge in [-0.2, -0.15) is 4.98 Å². The molecule has 11 heteroatoms. The van der Waals surface area contributed by atoms with Crippen LogP contribution in [0.15, 0.2) is 76.5 Å². The highest BCUT2D eigenvalue weighted by molar-refractivity contribution is 7.90. The summed E-state index contributed by atoms with van der Waals surface area (Å²) in [5, 5.41) is 11.6. The number of hydrogen-bond acceptors (Lipinski definition) is 7. The smallest absolute Gasteiger partial charge is 0.415 e. The first-order valence-corrected chi connectivity index (χ1v) is 11.2. The van der Waals surface area contributed by atoms with Crippen molar-refractivity contribution in [3.63, 3.8) is 0 Å². The molecule has 34 heavy (non-hydrogen) atoms. The summed E-state index contributed by atoms with van der Waals surface area (Å²) in [6.45, 7) is 0. The molecule has 0 saturated heterocycles. The summed E-state index contributed by atoms with van der Waals surface area (Å²) in [6.07, 6.45) is 2.69. The first kappa shape index (κ1) is 23.0. The van der Waals surface area contributed by atoms with Crippen LogP contribution in [-0.2, 0) is 11.2 Å². The summed E-state index contributed by atoms with van der Waals surface area (Å²) in [7, 11) is 0. The molecule has 1 atom stereocenters. The van der Waals surface area contributed by atoms with Gasteiger partial charge in [0.05, 0.1) is 0 Å². The van der Waals surface area contributed by atoms with Gasteiger partial charge in [0.1, 0.15) is 23.6 Å². The highest BCUT2D eigenvalue weighted by Crippen LogP contribution is 2.29. The van der Waals surface area contributed by atoms with E-state index in [1.54, 1.807) is 24.3 Å². The maximum absolute atomic E-state index is 13.3. The zero-order chi connectivity index (χ0) is 24.2. The van der Waals surface area contributed by atoms with Gasteiger partial charge >= 0.3 is 11.2 Å². The van der Waals surface area contributed by atoms with Crippen LogP contribution in [-0.4, -0.2) is 37.8 Å². The van der Waals surface area contributed by atoms with Crippen LogP contribution in [0.1, 0.15) is 21.0 Å². The van der Waals surface area contributed by atoms with E-state index in [9.17, 15) is 18.5 Å². The number of halogens is 1. The highest BCUT2D eigenvalue weighted by atomic mass is 32.2. The molecule has 0 fully saturated rings. The lowest BCUT2D eigenvalue weighted by atomic mass is 10.1. The Hall–Kier alpha value is -4.22. The number of rotatable bonds is 7. The summed E-state index contributed by atoms with van der Waals surface area (Å²) >= 11 is -1.58. The van der Waals surface area contributed by atoms with E-state index in [0.29, 0.717) is 17.0 Å². The van der Waals surface area contributed by atoms with Crippen LogP contribution in [0, 0.1) is 5.82 Å². The average molecular weight is 481 g/mol. The molecule has 0 spiro atoms. The molecular formula is C23H16FN3O6S. The number of amides is 1. The molecule has 0 aliphatic carbocycles. The van der Waals surface area contributed by atoms with E-state index in [0.717, 1.165) is 0 Å². The molecule has 1 unspecified atom stereocenters. The van der Waals surface area contributed by atoms with Gasteiger partial charge in [0.2, 0.25) is 0 Å². The topological polar surface area (TPSA) is 138 Å². The second-order valence-electron chi connectivity index (χ2n) is 6.88. The number of carboxylic acid groups (broad SMARTS) is 1. The predicted octanol–water partition coefficient (Wildman–Crippen LogP) is 4.36. The van der Waals surface area contributed by atoms with Crippen molar-refractivity contribution in [1.82, 2.24) is 9.97 Å². The molecule has 1 amide bonds. The van der Waals surface area contributed by atoms with Gasteiger partial charge in [-0.3, -0.25) is 4.79 Å². The molecule has 2 aromatic heterocycles. The van der Waals surface area contributed by atoms with Crippen molar-refractivity contribution >= 4 is 28.7 Å². The first-order chi connectivity index (χ1) is 16.3. The summed E-state index contributed by atoms with van der Waals surface area (Å²) in [5.41, 5.74) is 0.552. The third-order valence-corrected chi connectivity index (χ3v) is 5.14. The molecule has 2 heterocycles. The molecule has 0 bridgehead atoms. The Labute approximate surface area is 195 Å². The highest BCUT2D eigenvalue weighted by Gasteiger charge is 2.26. The standard InChI is InChI=1S/C23H16FN3O6S/c1-34(31)23-27-19(20(33-23)13-2-4-14(24)5-3-13)21(28)26-15-6-8-16(9-7-15)32-17-10-11-25-18(12-17)22(29)30/h2-12H,1H3,(H,26,28)(H,29,30). The molecule has 4 rings (SSSR count). The number of ether oxygens (including phenoxy) is 1. The summed E-state index contributed by atoms with van der Waals surface area (Å²) < 4.78 is 36.3. The number of anilines is 1. The summed E-state index contributed by atoms with van der Waals surface area (Å²) in [5.74, 6) is -1.50. The van der Waals surface area contributed by atoms with Crippen molar-refractivity contribution in [2.24, 2.45) is 0 Å². The molecule has 0 radical (unpaired) electrons. The summed E-state index contributed by atoms with van der Waals surface area (Å²) in [4.78, 5) is 31.7. The van der Waals surface area contributed by atoms with Crippen LogP contribution in [0.5, 0.6) is 11.5 Å². The predicted molar refractivity (Wildman–Crippen MR) is 120 cm³/mol. The first-order valence-electron chi connectivity index (χ1n) is 9.69. The lowest BCUT2D eigenvalue weighted by Gasteiger charge is -2.08. The van der Waals surface area contributed by atoms with Gasteiger partial charge in [-0.1, -0.05) is 0 Å². The van der Waals surface area contributed by atoms with Gasteiger partial charge < -0.3 is 24.1 Å². The number of oxazole rings is 1.